The maximum atomic E-state index is 11.2. The third kappa shape index (κ3) is 3.65. The lowest BCUT2D eigenvalue weighted by Crippen LogP contribution is -2.15. The summed E-state index contributed by atoms with van der Waals surface area (Å²) in [5.74, 6) is 1.45. The molecule has 0 atom stereocenters. The van der Waals surface area contributed by atoms with E-state index in [0.29, 0.717) is 12.3 Å². The Morgan fingerprint density at radius 2 is 1.93 bits per heavy atom. The Balaban J connectivity index is 1.53. The van der Waals surface area contributed by atoms with E-state index in [1.165, 1.54) is 23.9 Å². The van der Waals surface area contributed by atoms with Crippen LogP contribution in [0.2, 0.25) is 0 Å². The van der Waals surface area contributed by atoms with Crippen LogP contribution in [0.5, 0.6) is 17.4 Å². The third-order valence-corrected chi connectivity index (χ3v) is 4.73. The predicted molar refractivity (Wildman–Crippen MR) is 103 cm³/mol. The molecule has 0 N–H and O–H groups in total. The van der Waals surface area contributed by atoms with Crippen molar-refractivity contribution < 1.29 is 14.4 Å². The number of aromatic nitrogens is 1. The highest BCUT2D eigenvalue weighted by Gasteiger charge is 2.24. The first-order valence-electron chi connectivity index (χ1n) is 8.87. The molecule has 28 heavy (non-hydrogen) atoms. The summed E-state index contributed by atoms with van der Waals surface area (Å²) in [6, 6.07) is 16.7. The summed E-state index contributed by atoms with van der Waals surface area (Å²) in [6.07, 6.45) is 1.49. The maximum absolute atomic E-state index is 11.2. The van der Waals surface area contributed by atoms with Gasteiger partial charge in [-0.15, -0.1) is 0 Å². The van der Waals surface area contributed by atoms with Gasteiger partial charge in [-0.3, -0.25) is 15.0 Å². The minimum atomic E-state index is -0.485. The quantitative estimate of drug-likeness (QED) is 0.471. The smallest absolute Gasteiger partial charge is 0.331 e. The van der Waals surface area contributed by atoms with E-state index in [2.05, 4.69) is 28.1 Å². The fourth-order valence-electron chi connectivity index (χ4n) is 3.36. The summed E-state index contributed by atoms with van der Waals surface area (Å²) in [7, 11) is 1.65. The second kappa shape index (κ2) is 7.66. The average Bonchev–Trinajstić information content (AvgIpc) is 3.12. The zero-order valence-corrected chi connectivity index (χ0v) is 15.4. The van der Waals surface area contributed by atoms with Crippen LogP contribution in [0.25, 0.3) is 0 Å². The van der Waals surface area contributed by atoms with E-state index in [1.807, 2.05) is 24.3 Å². The van der Waals surface area contributed by atoms with Crippen LogP contribution in [0.4, 0.5) is 5.69 Å². The average molecular weight is 377 g/mol. The zero-order valence-electron chi connectivity index (χ0n) is 15.4. The highest BCUT2D eigenvalue weighted by molar-refractivity contribution is 5.48. The van der Waals surface area contributed by atoms with Gasteiger partial charge in [-0.05, 0) is 35.4 Å². The van der Waals surface area contributed by atoms with Crippen LogP contribution in [0.15, 0.2) is 60.8 Å². The van der Waals surface area contributed by atoms with Crippen LogP contribution in [0.3, 0.4) is 0 Å². The molecule has 0 aliphatic carbocycles. The zero-order chi connectivity index (χ0) is 19.5. The van der Waals surface area contributed by atoms with E-state index >= 15 is 0 Å². The number of nitro groups is 1. The Bertz CT molecular complexity index is 1000. The summed E-state index contributed by atoms with van der Waals surface area (Å²) in [6.45, 7) is 2.29. The van der Waals surface area contributed by atoms with E-state index in [9.17, 15) is 10.1 Å². The molecule has 2 aromatic carbocycles. The molecule has 0 unspecified atom stereocenters. The summed E-state index contributed by atoms with van der Waals surface area (Å²) in [5, 5.41) is 11.2. The number of ether oxygens (including phenoxy) is 2. The SMILES string of the molecule is COc1ccc(CN2Cc3cccc(Oc4ncccc4[N+](=O)[O-])c3C2)cc1. The molecule has 2 heterocycles. The van der Waals surface area contributed by atoms with E-state index in [4.69, 9.17) is 9.47 Å². The molecule has 0 bridgehead atoms. The number of nitrogens with zero attached hydrogens (tertiary/aromatic N) is 3. The molecule has 1 aliphatic rings. The van der Waals surface area contributed by atoms with Crippen LogP contribution in [-0.2, 0) is 19.6 Å². The molecule has 0 saturated heterocycles. The van der Waals surface area contributed by atoms with Gasteiger partial charge in [-0.1, -0.05) is 24.3 Å². The van der Waals surface area contributed by atoms with Crippen molar-refractivity contribution in [2.75, 3.05) is 7.11 Å². The molecule has 7 nitrogen and oxygen atoms in total. The highest BCUT2D eigenvalue weighted by atomic mass is 16.6. The van der Waals surface area contributed by atoms with Crippen LogP contribution >= 0.6 is 0 Å². The van der Waals surface area contributed by atoms with Crippen molar-refractivity contribution in [3.8, 4) is 17.4 Å². The van der Waals surface area contributed by atoms with Crippen molar-refractivity contribution >= 4 is 5.69 Å². The van der Waals surface area contributed by atoms with Crippen molar-refractivity contribution in [3.05, 3.63) is 87.6 Å². The second-order valence-corrected chi connectivity index (χ2v) is 6.57. The Labute approximate surface area is 162 Å². The third-order valence-electron chi connectivity index (χ3n) is 4.73. The number of rotatable bonds is 6. The van der Waals surface area contributed by atoms with Crippen molar-refractivity contribution in [2.45, 2.75) is 19.6 Å². The minimum Gasteiger partial charge on any atom is -0.497 e. The fraction of sp³-hybridized carbons (Fsp3) is 0.190. The van der Waals surface area contributed by atoms with Crippen molar-refractivity contribution in [1.82, 2.24) is 9.88 Å². The molecule has 0 spiro atoms. The van der Waals surface area contributed by atoms with Gasteiger partial charge in [-0.2, -0.15) is 0 Å². The minimum absolute atomic E-state index is 0.00880. The summed E-state index contributed by atoms with van der Waals surface area (Å²) in [5.41, 5.74) is 3.24. The molecule has 0 fully saturated rings. The molecule has 4 rings (SSSR count). The number of pyridine rings is 1. The van der Waals surface area contributed by atoms with Gasteiger partial charge in [0, 0.05) is 37.5 Å². The van der Waals surface area contributed by atoms with Crippen LogP contribution in [0.1, 0.15) is 16.7 Å². The van der Waals surface area contributed by atoms with Crippen LogP contribution < -0.4 is 9.47 Å². The first-order valence-corrected chi connectivity index (χ1v) is 8.87. The van der Waals surface area contributed by atoms with E-state index in [0.717, 1.165) is 30.0 Å². The lowest BCUT2D eigenvalue weighted by atomic mass is 10.1. The molecular formula is C21H19N3O4. The topological polar surface area (TPSA) is 77.7 Å². The van der Waals surface area contributed by atoms with Gasteiger partial charge in [-0.25, -0.2) is 4.98 Å². The predicted octanol–water partition coefficient (Wildman–Crippen LogP) is 4.31. The largest absolute Gasteiger partial charge is 0.497 e. The first-order chi connectivity index (χ1) is 13.6. The first kappa shape index (κ1) is 17.9. The molecule has 7 heteroatoms. The van der Waals surface area contributed by atoms with Gasteiger partial charge < -0.3 is 9.47 Å². The Kier molecular flexibility index (Phi) is 4.90. The van der Waals surface area contributed by atoms with Crippen LogP contribution in [0, 0.1) is 10.1 Å². The van der Waals surface area contributed by atoms with E-state index < -0.39 is 4.92 Å². The molecule has 0 amide bonds. The van der Waals surface area contributed by atoms with Crippen molar-refractivity contribution in [3.63, 3.8) is 0 Å². The summed E-state index contributed by atoms with van der Waals surface area (Å²) in [4.78, 5) is 17.1. The lowest BCUT2D eigenvalue weighted by molar-refractivity contribution is -0.386. The van der Waals surface area contributed by atoms with Gasteiger partial charge in [0.2, 0.25) is 0 Å². The maximum Gasteiger partial charge on any atom is 0.331 e. The standard InChI is InChI=1S/C21H19N3O4/c1-27-17-9-7-15(8-10-17)12-23-13-16-4-2-6-20(18(16)14-23)28-21-19(24(25)26)5-3-11-22-21/h2-11H,12-14H2,1H3. The fourth-order valence-corrected chi connectivity index (χ4v) is 3.36. The summed E-state index contributed by atoms with van der Waals surface area (Å²) < 4.78 is 11.1. The molecule has 1 aliphatic heterocycles. The number of benzene rings is 2. The van der Waals surface area contributed by atoms with Gasteiger partial charge >= 0.3 is 5.69 Å². The number of hydrogen-bond donors (Lipinski definition) is 0. The second-order valence-electron chi connectivity index (χ2n) is 6.57. The van der Waals surface area contributed by atoms with Gasteiger partial charge in [0.25, 0.3) is 5.88 Å². The highest BCUT2D eigenvalue weighted by Crippen LogP contribution is 2.36. The Hall–Kier alpha value is -3.45. The van der Waals surface area contributed by atoms with E-state index in [-0.39, 0.29) is 11.6 Å². The number of hydrogen-bond acceptors (Lipinski definition) is 6. The van der Waals surface area contributed by atoms with Gasteiger partial charge in [0.05, 0.1) is 12.0 Å². The van der Waals surface area contributed by atoms with Crippen molar-refractivity contribution in [1.29, 1.82) is 0 Å². The number of fused-ring (bicyclic) bond motifs is 1. The van der Waals surface area contributed by atoms with Gasteiger partial charge in [0.15, 0.2) is 0 Å². The molecule has 0 radical (unpaired) electrons. The van der Waals surface area contributed by atoms with E-state index in [1.54, 1.807) is 7.11 Å². The molecular weight excluding hydrogens is 358 g/mol. The lowest BCUT2D eigenvalue weighted by Gasteiger charge is -2.15. The normalized spacial score (nSPS) is 13.2. The monoisotopic (exact) mass is 377 g/mol. The number of methoxy groups -OCH3 is 1. The Morgan fingerprint density at radius 1 is 1.11 bits per heavy atom. The molecule has 3 aromatic rings. The summed E-state index contributed by atoms with van der Waals surface area (Å²) >= 11 is 0. The van der Waals surface area contributed by atoms with Gasteiger partial charge in [0.1, 0.15) is 11.5 Å². The molecule has 142 valence electrons. The van der Waals surface area contributed by atoms with Crippen LogP contribution in [-0.4, -0.2) is 21.9 Å². The molecule has 0 saturated carbocycles. The molecule has 1 aromatic heterocycles. The van der Waals surface area contributed by atoms with Crippen molar-refractivity contribution in [2.24, 2.45) is 0 Å². The Morgan fingerprint density at radius 3 is 2.68 bits per heavy atom.